The van der Waals surface area contributed by atoms with E-state index in [1.165, 1.54) is 23.3 Å². The maximum Gasteiger partial charge on any atom is 0.274 e. The number of hydrogen-bond donors (Lipinski definition) is 1. The van der Waals surface area contributed by atoms with Crippen molar-refractivity contribution in [3.63, 3.8) is 0 Å². The second-order valence-corrected chi connectivity index (χ2v) is 8.84. The zero-order valence-corrected chi connectivity index (χ0v) is 18.8. The van der Waals surface area contributed by atoms with Gasteiger partial charge in [0, 0.05) is 29.2 Å². The molecule has 7 heteroatoms. The highest BCUT2D eigenvalue weighted by Crippen LogP contribution is 2.24. The van der Waals surface area contributed by atoms with Crippen LogP contribution in [-0.2, 0) is 6.42 Å². The molecule has 3 rings (SSSR count). The number of benzene rings is 2. The SMILES string of the molecule is CC(C)Cc1ccc([C@H]([NH2+][C@@H](C)c2nnc(-c3ccc([N+](=O)[O-])cc3)o2)C(C)C)cc1. The minimum atomic E-state index is -0.429. The van der Waals surface area contributed by atoms with Gasteiger partial charge in [0.05, 0.1) is 4.92 Å². The number of nitrogens with zero attached hydrogens (tertiary/aromatic N) is 3. The first-order valence-electron chi connectivity index (χ1n) is 10.8. The third-order valence-electron chi connectivity index (χ3n) is 5.38. The molecule has 0 aliphatic rings. The lowest BCUT2D eigenvalue weighted by molar-refractivity contribution is -0.739. The second-order valence-electron chi connectivity index (χ2n) is 8.84. The van der Waals surface area contributed by atoms with Crippen LogP contribution in [-0.4, -0.2) is 15.1 Å². The summed E-state index contributed by atoms with van der Waals surface area (Å²) in [6.45, 7) is 10.9. The van der Waals surface area contributed by atoms with E-state index < -0.39 is 4.92 Å². The normalized spacial score (nSPS) is 13.5. The summed E-state index contributed by atoms with van der Waals surface area (Å²) in [6, 6.07) is 15.3. The smallest absolute Gasteiger partial charge is 0.274 e. The van der Waals surface area contributed by atoms with Crippen molar-refractivity contribution in [1.29, 1.82) is 0 Å². The minimum Gasteiger partial charge on any atom is -0.415 e. The number of hydrogen-bond acceptors (Lipinski definition) is 5. The summed E-state index contributed by atoms with van der Waals surface area (Å²) in [5.74, 6) is 1.97. The van der Waals surface area contributed by atoms with Crippen LogP contribution < -0.4 is 5.32 Å². The molecule has 164 valence electrons. The molecule has 3 aromatic rings. The predicted molar refractivity (Wildman–Crippen MR) is 119 cm³/mol. The Labute approximate surface area is 183 Å². The van der Waals surface area contributed by atoms with E-state index in [1.807, 2.05) is 0 Å². The molecule has 0 unspecified atom stereocenters. The molecule has 0 amide bonds. The molecule has 0 bridgehead atoms. The Hall–Kier alpha value is -3.06. The maximum atomic E-state index is 10.8. The van der Waals surface area contributed by atoms with Crippen molar-refractivity contribution < 1.29 is 14.7 Å². The van der Waals surface area contributed by atoms with Gasteiger partial charge in [0.1, 0.15) is 6.04 Å². The van der Waals surface area contributed by atoms with Crippen LogP contribution in [0.25, 0.3) is 11.5 Å². The van der Waals surface area contributed by atoms with Gasteiger partial charge in [-0.05, 0) is 37.0 Å². The summed E-state index contributed by atoms with van der Waals surface area (Å²) < 4.78 is 5.89. The fraction of sp³-hybridized carbons (Fsp3) is 0.417. The lowest BCUT2D eigenvalue weighted by Gasteiger charge is -2.22. The topological polar surface area (TPSA) is 98.7 Å². The lowest BCUT2D eigenvalue weighted by Crippen LogP contribution is -2.86. The fourth-order valence-corrected chi connectivity index (χ4v) is 3.72. The van der Waals surface area contributed by atoms with E-state index in [-0.39, 0.29) is 17.8 Å². The molecule has 1 aromatic heterocycles. The Kier molecular flexibility index (Phi) is 7.17. The Morgan fingerprint density at radius 1 is 0.968 bits per heavy atom. The quantitative estimate of drug-likeness (QED) is 0.391. The lowest BCUT2D eigenvalue weighted by atomic mass is 9.93. The van der Waals surface area contributed by atoms with Gasteiger partial charge in [0.25, 0.3) is 11.6 Å². The molecule has 0 fully saturated rings. The molecule has 31 heavy (non-hydrogen) atoms. The maximum absolute atomic E-state index is 10.8. The van der Waals surface area contributed by atoms with E-state index in [4.69, 9.17) is 4.42 Å². The largest absolute Gasteiger partial charge is 0.415 e. The summed E-state index contributed by atoms with van der Waals surface area (Å²) >= 11 is 0. The van der Waals surface area contributed by atoms with Crippen molar-refractivity contribution in [2.45, 2.75) is 53.1 Å². The minimum absolute atomic E-state index is 0.0259. The fourth-order valence-electron chi connectivity index (χ4n) is 3.72. The summed E-state index contributed by atoms with van der Waals surface area (Å²) in [7, 11) is 0. The molecule has 0 saturated heterocycles. The van der Waals surface area contributed by atoms with Gasteiger partial charge < -0.3 is 9.73 Å². The Balaban J connectivity index is 1.72. The van der Waals surface area contributed by atoms with E-state index >= 15 is 0 Å². The van der Waals surface area contributed by atoms with E-state index in [9.17, 15) is 10.1 Å². The van der Waals surface area contributed by atoms with E-state index in [1.54, 1.807) is 12.1 Å². The molecule has 0 saturated carbocycles. The molecule has 0 spiro atoms. The molecule has 7 nitrogen and oxygen atoms in total. The number of non-ortho nitro benzene ring substituents is 1. The first kappa shape index (κ1) is 22.6. The van der Waals surface area contributed by atoms with Crippen molar-refractivity contribution in [3.05, 3.63) is 75.7 Å². The van der Waals surface area contributed by atoms with Gasteiger partial charge in [-0.2, -0.15) is 0 Å². The number of rotatable bonds is 9. The number of aromatic nitrogens is 2. The van der Waals surface area contributed by atoms with Crippen molar-refractivity contribution in [2.24, 2.45) is 11.8 Å². The molecule has 1 heterocycles. The molecule has 0 radical (unpaired) electrons. The number of quaternary nitrogens is 1. The predicted octanol–water partition coefficient (Wildman–Crippen LogP) is 4.87. The molecule has 2 aromatic carbocycles. The van der Waals surface area contributed by atoms with Crippen molar-refractivity contribution in [3.8, 4) is 11.5 Å². The van der Waals surface area contributed by atoms with Crippen LogP contribution >= 0.6 is 0 Å². The Bertz CT molecular complexity index is 994. The van der Waals surface area contributed by atoms with Gasteiger partial charge in [0.2, 0.25) is 5.89 Å². The highest BCUT2D eigenvalue weighted by atomic mass is 16.6. The van der Waals surface area contributed by atoms with Crippen LogP contribution in [0.1, 0.15) is 63.7 Å². The zero-order chi connectivity index (χ0) is 22.5. The third kappa shape index (κ3) is 5.76. The Morgan fingerprint density at radius 3 is 2.16 bits per heavy atom. The molecular formula is C24H31N4O3+. The number of nitro groups is 1. The number of nitrogens with two attached hydrogens (primary N) is 1. The highest BCUT2D eigenvalue weighted by Gasteiger charge is 2.26. The standard InChI is InChI=1S/C24H30N4O3/c1-15(2)14-18-6-8-19(9-7-18)22(16(3)4)25-17(5)23-26-27-24(31-23)20-10-12-21(13-11-20)28(29)30/h6-13,15-17,22,25H,14H2,1-5H3/p+1/t17-,22+/m0/s1. The van der Waals surface area contributed by atoms with Gasteiger partial charge >= 0.3 is 0 Å². The zero-order valence-electron chi connectivity index (χ0n) is 18.8. The monoisotopic (exact) mass is 423 g/mol. The van der Waals surface area contributed by atoms with Crippen LogP contribution in [0, 0.1) is 22.0 Å². The average molecular weight is 424 g/mol. The van der Waals surface area contributed by atoms with Gasteiger partial charge in [-0.3, -0.25) is 10.1 Å². The second kappa shape index (κ2) is 9.83. The molecule has 2 N–H and O–H groups in total. The Morgan fingerprint density at radius 2 is 1.61 bits per heavy atom. The van der Waals surface area contributed by atoms with Gasteiger partial charge in [0.15, 0.2) is 6.04 Å². The van der Waals surface area contributed by atoms with Crippen molar-refractivity contribution in [2.75, 3.05) is 0 Å². The van der Waals surface area contributed by atoms with E-state index in [2.05, 4.69) is 74.4 Å². The van der Waals surface area contributed by atoms with E-state index in [0.29, 0.717) is 29.2 Å². The van der Waals surface area contributed by atoms with Crippen LogP contribution in [0.4, 0.5) is 5.69 Å². The highest BCUT2D eigenvalue weighted by molar-refractivity contribution is 5.55. The summed E-state index contributed by atoms with van der Waals surface area (Å²) in [6.07, 6.45) is 1.08. The van der Waals surface area contributed by atoms with Gasteiger partial charge in [-0.1, -0.05) is 52.0 Å². The van der Waals surface area contributed by atoms with E-state index in [0.717, 1.165) is 6.42 Å². The number of nitro benzene ring substituents is 1. The van der Waals surface area contributed by atoms with Crippen LogP contribution in [0.3, 0.4) is 0 Å². The van der Waals surface area contributed by atoms with Crippen molar-refractivity contribution >= 4 is 5.69 Å². The van der Waals surface area contributed by atoms with Crippen LogP contribution in [0.2, 0.25) is 0 Å². The molecule has 0 aliphatic carbocycles. The average Bonchev–Trinajstić information content (AvgIpc) is 3.22. The summed E-state index contributed by atoms with van der Waals surface area (Å²) in [4.78, 5) is 10.4. The van der Waals surface area contributed by atoms with Crippen LogP contribution in [0.15, 0.2) is 52.9 Å². The van der Waals surface area contributed by atoms with Crippen LogP contribution in [0.5, 0.6) is 0 Å². The first-order chi connectivity index (χ1) is 14.7. The van der Waals surface area contributed by atoms with Crippen molar-refractivity contribution in [1.82, 2.24) is 10.2 Å². The molecule has 0 aliphatic heterocycles. The first-order valence-corrected chi connectivity index (χ1v) is 10.8. The van der Waals surface area contributed by atoms with Gasteiger partial charge in [-0.25, -0.2) is 0 Å². The van der Waals surface area contributed by atoms with Gasteiger partial charge in [-0.15, -0.1) is 10.2 Å². The molecular weight excluding hydrogens is 392 g/mol. The third-order valence-corrected chi connectivity index (χ3v) is 5.38. The summed E-state index contributed by atoms with van der Waals surface area (Å²) in [5.41, 5.74) is 3.34. The molecule has 2 atom stereocenters. The summed E-state index contributed by atoms with van der Waals surface area (Å²) in [5, 5.41) is 21.5.